The van der Waals surface area contributed by atoms with Gasteiger partial charge in [0.25, 0.3) is 0 Å². The van der Waals surface area contributed by atoms with E-state index in [4.69, 9.17) is 0 Å². The Kier molecular flexibility index (Phi) is 3.10. The summed E-state index contributed by atoms with van der Waals surface area (Å²) in [5.74, 6) is -0.199. The molecule has 1 aliphatic carbocycles. The standard InChI is InChI=1S/C13H17BrFN/c1-8(16-12-7-13(12,2)3)10-5-4-9(15)6-11(10)14/h4-6,8,12,16H,7H2,1-3H3. The van der Waals surface area contributed by atoms with Crippen molar-refractivity contribution in [2.45, 2.75) is 39.3 Å². The van der Waals surface area contributed by atoms with Gasteiger partial charge in [0.05, 0.1) is 0 Å². The Morgan fingerprint density at radius 2 is 2.12 bits per heavy atom. The van der Waals surface area contributed by atoms with Gasteiger partial charge in [-0.15, -0.1) is 0 Å². The van der Waals surface area contributed by atoms with Gasteiger partial charge in [0.2, 0.25) is 0 Å². The van der Waals surface area contributed by atoms with Gasteiger partial charge in [0, 0.05) is 16.6 Å². The molecule has 1 N–H and O–H groups in total. The van der Waals surface area contributed by atoms with Gasteiger partial charge in [-0.05, 0) is 36.5 Å². The van der Waals surface area contributed by atoms with E-state index < -0.39 is 0 Å². The summed E-state index contributed by atoms with van der Waals surface area (Å²) in [5, 5.41) is 3.57. The van der Waals surface area contributed by atoms with Gasteiger partial charge in [-0.2, -0.15) is 0 Å². The van der Waals surface area contributed by atoms with Crippen molar-refractivity contribution in [1.82, 2.24) is 5.32 Å². The fraction of sp³-hybridized carbons (Fsp3) is 0.538. The fourth-order valence-electron chi connectivity index (χ4n) is 2.00. The fourth-order valence-corrected chi connectivity index (χ4v) is 2.69. The molecule has 1 aromatic carbocycles. The first-order valence-corrected chi connectivity index (χ1v) is 6.40. The monoisotopic (exact) mass is 285 g/mol. The van der Waals surface area contributed by atoms with E-state index in [2.05, 4.69) is 42.0 Å². The second-order valence-electron chi connectivity index (χ2n) is 5.30. The van der Waals surface area contributed by atoms with Gasteiger partial charge >= 0.3 is 0 Å². The van der Waals surface area contributed by atoms with Gasteiger partial charge < -0.3 is 5.32 Å². The van der Waals surface area contributed by atoms with Crippen LogP contribution >= 0.6 is 15.9 Å². The summed E-state index contributed by atoms with van der Waals surface area (Å²) in [5.41, 5.74) is 1.53. The Morgan fingerprint density at radius 1 is 1.50 bits per heavy atom. The second kappa shape index (κ2) is 4.11. The minimum Gasteiger partial charge on any atom is -0.307 e. The van der Waals surface area contributed by atoms with E-state index in [-0.39, 0.29) is 11.9 Å². The first kappa shape index (κ1) is 12.1. The highest BCUT2D eigenvalue weighted by Crippen LogP contribution is 2.45. The number of hydrogen-bond donors (Lipinski definition) is 1. The third-order valence-electron chi connectivity index (χ3n) is 3.39. The summed E-state index contributed by atoms with van der Waals surface area (Å²) in [6, 6.07) is 5.70. The van der Waals surface area contributed by atoms with Gasteiger partial charge in [-0.25, -0.2) is 4.39 Å². The second-order valence-corrected chi connectivity index (χ2v) is 6.15. The summed E-state index contributed by atoms with van der Waals surface area (Å²) < 4.78 is 13.8. The molecule has 2 unspecified atom stereocenters. The molecule has 1 aromatic rings. The van der Waals surface area contributed by atoms with Crippen molar-refractivity contribution >= 4 is 15.9 Å². The molecule has 3 heteroatoms. The van der Waals surface area contributed by atoms with Crippen LogP contribution in [0.15, 0.2) is 22.7 Å². The zero-order valence-corrected chi connectivity index (χ0v) is 11.4. The lowest BCUT2D eigenvalue weighted by Gasteiger charge is -2.17. The number of nitrogens with one attached hydrogen (secondary N) is 1. The Labute approximate surface area is 105 Å². The van der Waals surface area contributed by atoms with E-state index in [1.165, 1.54) is 18.6 Å². The van der Waals surface area contributed by atoms with Crippen molar-refractivity contribution in [2.75, 3.05) is 0 Å². The average molecular weight is 286 g/mol. The Morgan fingerprint density at radius 3 is 2.62 bits per heavy atom. The molecular formula is C13H17BrFN. The summed E-state index contributed by atoms with van der Waals surface area (Å²) in [7, 11) is 0. The zero-order valence-electron chi connectivity index (χ0n) is 9.85. The topological polar surface area (TPSA) is 12.0 Å². The molecule has 0 saturated heterocycles. The molecule has 0 radical (unpaired) electrons. The SMILES string of the molecule is CC(NC1CC1(C)C)c1ccc(F)cc1Br. The smallest absolute Gasteiger partial charge is 0.124 e. The van der Waals surface area contributed by atoms with Crippen LogP contribution in [0.25, 0.3) is 0 Å². The highest BCUT2D eigenvalue weighted by molar-refractivity contribution is 9.10. The maximum absolute atomic E-state index is 13.0. The Bertz CT molecular complexity index is 403. The van der Waals surface area contributed by atoms with E-state index in [9.17, 15) is 4.39 Å². The molecule has 0 aliphatic heterocycles. The van der Waals surface area contributed by atoms with Crippen LogP contribution in [0.4, 0.5) is 4.39 Å². The summed E-state index contributed by atoms with van der Waals surface area (Å²) in [6.45, 7) is 6.64. The van der Waals surface area contributed by atoms with Crippen LogP contribution in [-0.4, -0.2) is 6.04 Å². The third-order valence-corrected chi connectivity index (χ3v) is 4.08. The van der Waals surface area contributed by atoms with Gasteiger partial charge in [0.1, 0.15) is 5.82 Å². The molecule has 2 atom stereocenters. The molecule has 16 heavy (non-hydrogen) atoms. The lowest BCUT2D eigenvalue weighted by atomic mass is 10.1. The molecule has 0 bridgehead atoms. The summed E-state index contributed by atoms with van der Waals surface area (Å²) >= 11 is 3.41. The first-order chi connectivity index (χ1) is 7.40. The van der Waals surface area contributed by atoms with Crippen molar-refractivity contribution in [3.8, 4) is 0 Å². The van der Waals surface area contributed by atoms with Crippen LogP contribution in [0, 0.1) is 11.2 Å². The maximum Gasteiger partial charge on any atom is 0.124 e. The molecule has 1 fully saturated rings. The quantitative estimate of drug-likeness (QED) is 0.884. The first-order valence-electron chi connectivity index (χ1n) is 5.61. The largest absolute Gasteiger partial charge is 0.307 e. The van der Waals surface area contributed by atoms with Crippen LogP contribution in [0.3, 0.4) is 0 Å². The van der Waals surface area contributed by atoms with Gasteiger partial charge in [-0.1, -0.05) is 35.8 Å². The lowest BCUT2D eigenvalue weighted by molar-refractivity contribution is 0.490. The average Bonchev–Trinajstić information content (AvgIpc) is 2.72. The molecule has 0 amide bonds. The van der Waals surface area contributed by atoms with E-state index >= 15 is 0 Å². The molecule has 0 aromatic heterocycles. The normalized spacial score (nSPS) is 24.2. The van der Waals surface area contributed by atoms with E-state index in [0.717, 1.165) is 10.0 Å². The lowest BCUT2D eigenvalue weighted by Crippen LogP contribution is -2.24. The molecule has 2 rings (SSSR count). The van der Waals surface area contributed by atoms with Crippen LogP contribution in [0.2, 0.25) is 0 Å². The van der Waals surface area contributed by atoms with Crippen molar-refractivity contribution in [2.24, 2.45) is 5.41 Å². The predicted molar refractivity (Wildman–Crippen MR) is 67.8 cm³/mol. The van der Waals surface area contributed by atoms with E-state index in [0.29, 0.717) is 11.5 Å². The van der Waals surface area contributed by atoms with Crippen LogP contribution < -0.4 is 5.32 Å². The predicted octanol–water partition coefficient (Wildman–Crippen LogP) is 4.04. The van der Waals surface area contributed by atoms with Gasteiger partial charge in [0.15, 0.2) is 0 Å². The van der Waals surface area contributed by atoms with E-state index in [1.54, 1.807) is 0 Å². The summed E-state index contributed by atoms with van der Waals surface area (Å²) in [6.07, 6.45) is 1.22. The minimum atomic E-state index is -0.199. The maximum atomic E-state index is 13.0. The zero-order chi connectivity index (χ0) is 11.9. The molecule has 0 heterocycles. The number of hydrogen-bond acceptors (Lipinski definition) is 1. The molecular weight excluding hydrogens is 269 g/mol. The number of rotatable bonds is 3. The Hall–Kier alpha value is -0.410. The summed E-state index contributed by atoms with van der Waals surface area (Å²) in [4.78, 5) is 0. The molecule has 1 nitrogen and oxygen atoms in total. The van der Waals surface area contributed by atoms with Gasteiger partial charge in [-0.3, -0.25) is 0 Å². The highest BCUT2D eigenvalue weighted by Gasteiger charge is 2.45. The van der Waals surface area contributed by atoms with E-state index in [1.807, 2.05) is 6.07 Å². The van der Waals surface area contributed by atoms with Crippen LogP contribution in [0.1, 0.15) is 38.8 Å². The molecule has 1 aliphatic rings. The molecule has 88 valence electrons. The molecule has 0 spiro atoms. The van der Waals surface area contributed by atoms with Crippen LogP contribution in [-0.2, 0) is 0 Å². The van der Waals surface area contributed by atoms with Crippen LogP contribution in [0.5, 0.6) is 0 Å². The third kappa shape index (κ3) is 2.46. The minimum absolute atomic E-state index is 0.199. The number of benzene rings is 1. The number of halogens is 2. The highest BCUT2D eigenvalue weighted by atomic mass is 79.9. The van der Waals surface area contributed by atoms with Crippen molar-refractivity contribution in [3.05, 3.63) is 34.1 Å². The van der Waals surface area contributed by atoms with Crippen molar-refractivity contribution in [1.29, 1.82) is 0 Å². The van der Waals surface area contributed by atoms with Crippen molar-refractivity contribution < 1.29 is 4.39 Å². The molecule has 1 saturated carbocycles. The van der Waals surface area contributed by atoms with Crippen molar-refractivity contribution in [3.63, 3.8) is 0 Å². The Balaban J connectivity index is 2.06.